The quantitative estimate of drug-likeness (QED) is 0.715. The van der Waals surface area contributed by atoms with Crippen molar-refractivity contribution in [2.45, 2.75) is 6.54 Å². The van der Waals surface area contributed by atoms with E-state index in [4.69, 9.17) is 17.3 Å². The lowest BCUT2D eigenvalue weighted by molar-refractivity contribution is 1.03. The van der Waals surface area contributed by atoms with E-state index < -0.39 is 0 Å². The summed E-state index contributed by atoms with van der Waals surface area (Å²) >= 11 is 6.73. The van der Waals surface area contributed by atoms with E-state index in [2.05, 4.69) is 20.3 Å². The molecule has 8 heteroatoms. The zero-order valence-electron chi connectivity index (χ0n) is 8.03. The third-order valence-electron chi connectivity index (χ3n) is 1.80. The van der Waals surface area contributed by atoms with Gasteiger partial charge in [-0.15, -0.1) is 0 Å². The third-order valence-corrected chi connectivity index (χ3v) is 2.71. The molecular weight excluding hydrogens is 250 g/mol. The van der Waals surface area contributed by atoms with Crippen LogP contribution in [0.5, 0.6) is 0 Å². The molecule has 0 aliphatic heterocycles. The van der Waals surface area contributed by atoms with Gasteiger partial charge in [-0.2, -0.15) is 4.98 Å². The Morgan fingerprint density at radius 1 is 1.62 bits per heavy atom. The smallest absolute Gasteiger partial charge is 0.304 e. The number of H-pyrrole nitrogens is 1. The van der Waals surface area contributed by atoms with E-state index in [1.54, 1.807) is 5.38 Å². The van der Waals surface area contributed by atoms with Gasteiger partial charge in [0.2, 0.25) is 5.28 Å². The second kappa shape index (κ2) is 4.50. The van der Waals surface area contributed by atoms with Crippen molar-refractivity contribution in [3.63, 3.8) is 0 Å². The first-order valence-electron chi connectivity index (χ1n) is 4.34. The highest BCUT2D eigenvalue weighted by Crippen LogP contribution is 2.16. The maximum absolute atomic E-state index is 10.9. The maximum atomic E-state index is 10.9. The second-order valence-corrected chi connectivity index (χ2v) is 4.15. The van der Waals surface area contributed by atoms with E-state index in [9.17, 15) is 4.79 Å². The van der Waals surface area contributed by atoms with Crippen molar-refractivity contribution in [2.24, 2.45) is 0 Å². The number of thiazole rings is 1. The highest BCUT2D eigenvalue weighted by Gasteiger charge is 2.03. The van der Waals surface area contributed by atoms with Crippen LogP contribution >= 0.6 is 22.9 Å². The third kappa shape index (κ3) is 2.50. The van der Waals surface area contributed by atoms with Crippen molar-refractivity contribution in [1.82, 2.24) is 15.0 Å². The molecule has 0 aliphatic carbocycles. The minimum absolute atomic E-state index is 0.0921. The number of hydrogen-bond acceptors (Lipinski definition) is 6. The SMILES string of the molecule is Nc1cnc(Cl)nc1NCc1csc(=O)[nH]1. The topological polar surface area (TPSA) is 96.7 Å². The van der Waals surface area contributed by atoms with Crippen molar-refractivity contribution in [3.05, 3.63) is 32.2 Å². The molecule has 6 nitrogen and oxygen atoms in total. The average Bonchev–Trinajstić information content (AvgIpc) is 2.66. The van der Waals surface area contributed by atoms with Crippen molar-refractivity contribution in [1.29, 1.82) is 0 Å². The van der Waals surface area contributed by atoms with Crippen LogP contribution in [0.25, 0.3) is 0 Å². The Morgan fingerprint density at radius 2 is 2.44 bits per heavy atom. The maximum Gasteiger partial charge on any atom is 0.304 e. The molecule has 0 fully saturated rings. The number of aromatic amines is 1. The molecule has 0 radical (unpaired) electrons. The Morgan fingerprint density at radius 3 is 3.12 bits per heavy atom. The Labute approximate surface area is 99.5 Å². The van der Waals surface area contributed by atoms with Gasteiger partial charge in [0.25, 0.3) is 0 Å². The molecule has 16 heavy (non-hydrogen) atoms. The van der Waals surface area contributed by atoms with Crippen LogP contribution in [0.2, 0.25) is 5.28 Å². The first-order chi connectivity index (χ1) is 7.65. The molecule has 0 amide bonds. The molecule has 0 aliphatic rings. The summed E-state index contributed by atoms with van der Waals surface area (Å²) in [5.74, 6) is 0.451. The lowest BCUT2D eigenvalue weighted by atomic mass is 10.4. The van der Waals surface area contributed by atoms with Gasteiger partial charge in [-0.1, -0.05) is 11.3 Å². The first kappa shape index (κ1) is 10.9. The predicted octanol–water partition coefficient (Wildman–Crippen LogP) is 1.07. The van der Waals surface area contributed by atoms with Crippen molar-refractivity contribution in [3.8, 4) is 0 Å². The number of anilines is 2. The van der Waals surface area contributed by atoms with E-state index in [1.807, 2.05) is 0 Å². The summed E-state index contributed by atoms with van der Waals surface area (Å²) < 4.78 is 0. The lowest BCUT2D eigenvalue weighted by Crippen LogP contribution is -2.07. The van der Waals surface area contributed by atoms with E-state index in [0.29, 0.717) is 18.1 Å². The van der Waals surface area contributed by atoms with Crippen LogP contribution in [0.4, 0.5) is 11.5 Å². The van der Waals surface area contributed by atoms with Gasteiger partial charge >= 0.3 is 4.87 Å². The summed E-state index contributed by atoms with van der Waals surface area (Å²) in [7, 11) is 0. The van der Waals surface area contributed by atoms with Gasteiger partial charge < -0.3 is 16.0 Å². The van der Waals surface area contributed by atoms with Gasteiger partial charge in [0.1, 0.15) is 0 Å². The zero-order valence-corrected chi connectivity index (χ0v) is 9.60. The normalized spacial score (nSPS) is 10.3. The highest BCUT2D eigenvalue weighted by atomic mass is 35.5. The summed E-state index contributed by atoms with van der Waals surface area (Å²) in [6, 6.07) is 0. The second-order valence-electron chi connectivity index (χ2n) is 2.97. The minimum Gasteiger partial charge on any atom is -0.394 e. The molecule has 2 aromatic rings. The van der Waals surface area contributed by atoms with Crippen molar-refractivity contribution >= 4 is 34.4 Å². The predicted molar refractivity (Wildman–Crippen MR) is 63.7 cm³/mol. The number of rotatable bonds is 3. The summed E-state index contributed by atoms with van der Waals surface area (Å²) in [6.07, 6.45) is 1.42. The van der Waals surface area contributed by atoms with Crippen molar-refractivity contribution in [2.75, 3.05) is 11.1 Å². The zero-order chi connectivity index (χ0) is 11.5. The average molecular weight is 258 g/mol. The molecule has 4 N–H and O–H groups in total. The molecule has 2 rings (SSSR count). The number of aromatic nitrogens is 3. The van der Waals surface area contributed by atoms with Crippen LogP contribution in [0.1, 0.15) is 5.69 Å². The molecule has 0 atom stereocenters. The summed E-state index contributed by atoms with van der Waals surface area (Å²) in [6.45, 7) is 0.427. The highest BCUT2D eigenvalue weighted by molar-refractivity contribution is 7.07. The van der Waals surface area contributed by atoms with Gasteiger partial charge in [0.15, 0.2) is 5.82 Å². The number of hydrogen-bond donors (Lipinski definition) is 3. The largest absolute Gasteiger partial charge is 0.394 e. The summed E-state index contributed by atoms with van der Waals surface area (Å²) in [5, 5.41) is 4.81. The molecule has 0 saturated heterocycles. The van der Waals surface area contributed by atoms with Gasteiger partial charge in [0, 0.05) is 11.1 Å². The van der Waals surface area contributed by atoms with E-state index in [1.165, 1.54) is 6.20 Å². The monoisotopic (exact) mass is 257 g/mol. The molecule has 0 aromatic carbocycles. The molecule has 0 bridgehead atoms. The molecule has 2 heterocycles. The van der Waals surface area contributed by atoms with Crippen LogP contribution in [0.15, 0.2) is 16.4 Å². The fourth-order valence-electron chi connectivity index (χ4n) is 1.09. The van der Waals surface area contributed by atoms with Crippen LogP contribution in [0.3, 0.4) is 0 Å². The van der Waals surface area contributed by atoms with Crippen molar-refractivity contribution < 1.29 is 0 Å². The van der Waals surface area contributed by atoms with Gasteiger partial charge in [-0.05, 0) is 11.6 Å². The number of nitrogens with one attached hydrogen (secondary N) is 2. The molecule has 0 saturated carbocycles. The number of nitrogens with zero attached hydrogens (tertiary/aromatic N) is 2. The fourth-order valence-corrected chi connectivity index (χ4v) is 1.81. The lowest BCUT2D eigenvalue weighted by Gasteiger charge is -2.06. The van der Waals surface area contributed by atoms with Gasteiger partial charge in [-0.25, -0.2) is 4.98 Å². The number of nitrogens with two attached hydrogens (primary N) is 1. The van der Waals surface area contributed by atoms with Gasteiger partial charge in [0.05, 0.1) is 18.4 Å². The molecule has 0 unspecified atom stereocenters. The van der Waals surface area contributed by atoms with E-state index in [0.717, 1.165) is 17.0 Å². The summed E-state index contributed by atoms with van der Waals surface area (Å²) in [4.78, 5) is 21.1. The Hall–Kier alpha value is -1.60. The number of halogens is 1. The Bertz CT molecular complexity index is 551. The standard InChI is InChI=1S/C8H8ClN5OS/c9-7-12-2-5(10)6(14-7)11-1-4-3-16-8(15)13-4/h2-3H,1,10H2,(H,13,15)(H,11,12,14). The number of nitrogen functional groups attached to an aromatic ring is 1. The van der Waals surface area contributed by atoms with Crippen LogP contribution < -0.4 is 15.9 Å². The summed E-state index contributed by atoms with van der Waals surface area (Å²) in [5.41, 5.74) is 6.82. The van der Waals surface area contributed by atoms with Gasteiger partial charge in [-0.3, -0.25) is 4.79 Å². The Balaban J connectivity index is 2.10. The Kier molecular flexibility index (Phi) is 3.07. The molecular formula is C8H8ClN5OS. The molecule has 2 aromatic heterocycles. The van der Waals surface area contributed by atoms with Crippen LogP contribution in [-0.4, -0.2) is 15.0 Å². The van der Waals surface area contributed by atoms with E-state index >= 15 is 0 Å². The molecule has 0 spiro atoms. The first-order valence-corrected chi connectivity index (χ1v) is 5.59. The molecule has 84 valence electrons. The van der Waals surface area contributed by atoms with Crippen LogP contribution in [0, 0.1) is 0 Å². The fraction of sp³-hybridized carbons (Fsp3) is 0.125. The van der Waals surface area contributed by atoms with E-state index in [-0.39, 0.29) is 10.2 Å². The minimum atomic E-state index is -0.0921. The van der Waals surface area contributed by atoms with Crippen LogP contribution in [-0.2, 0) is 6.54 Å².